The summed E-state index contributed by atoms with van der Waals surface area (Å²) >= 11 is 0. The highest BCUT2D eigenvalue weighted by Crippen LogP contribution is 2.21. The van der Waals surface area contributed by atoms with Crippen molar-refractivity contribution in [2.24, 2.45) is 0 Å². The van der Waals surface area contributed by atoms with E-state index in [0.717, 1.165) is 23.3 Å². The van der Waals surface area contributed by atoms with E-state index in [9.17, 15) is 22.0 Å². The van der Waals surface area contributed by atoms with Gasteiger partial charge in [0.15, 0.2) is 9.84 Å². The molecule has 1 aromatic carbocycles. The Balaban J connectivity index is 2.72. The average Bonchev–Trinajstić information content (AvgIpc) is 2.66. The Morgan fingerprint density at radius 3 is 2.39 bits per heavy atom. The van der Waals surface area contributed by atoms with E-state index in [0.29, 0.717) is 12.1 Å². The van der Waals surface area contributed by atoms with Gasteiger partial charge in [-0.25, -0.2) is 26.6 Å². The van der Waals surface area contributed by atoms with Crippen molar-refractivity contribution < 1.29 is 21.6 Å². The van der Waals surface area contributed by atoms with E-state index in [2.05, 4.69) is 4.42 Å². The molecular formula is C10H7F2NO4S. The third kappa shape index (κ3) is 2.06. The van der Waals surface area contributed by atoms with Crippen molar-refractivity contribution in [3.8, 4) is 5.69 Å². The second-order valence-corrected chi connectivity index (χ2v) is 5.53. The first-order valence-electron chi connectivity index (χ1n) is 4.66. The average molecular weight is 275 g/mol. The van der Waals surface area contributed by atoms with Crippen molar-refractivity contribution in [3.05, 3.63) is 46.8 Å². The van der Waals surface area contributed by atoms with E-state index < -0.39 is 37.8 Å². The summed E-state index contributed by atoms with van der Waals surface area (Å²) in [6.07, 6.45) is 2.86. The maximum absolute atomic E-state index is 13.7. The lowest BCUT2D eigenvalue weighted by atomic mass is 10.3. The molecule has 0 aliphatic carbocycles. The number of nitrogens with zero attached hydrogens (tertiary/aromatic N) is 1. The number of aromatic nitrogens is 1. The molecule has 1 aromatic heterocycles. The summed E-state index contributed by atoms with van der Waals surface area (Å²) in [6, 6.07) is 1.15. The largest absolute Gasteiger partial charge is 0.423 e. The lowest BCUT2D eigenvalue weighted by molar-refractivity contribution is 0.498. The van der Waals surface area contributed by atoms with Gasteiger partial charge in [-0.15, -0.1) is 0 Å². The third-order valence-corrected chi connectivity index (χ3v) is 3.35. The molecule has 0 unspecified atom stereocenters. The van der Waals surface area contributed by atoms with Crippen molar-refractivity contribution in [3.63, 3.8) is 0 Å². The molecule has 8 heteroatoms. The van der Waals surface area contributed by atoms with Gasteiger partial charge in [-0.05, 0) is 6.07 Å². The molecule has 0 N–H and O–H groups in total. The highest BCUT2D eigenvalue weighted by atomic mass is 32.2. The van der Waals surface area contributed by atoms with Crippen LogP contribution in [0.4, 0.5) is 8.78 Å². The predicted molar refractivity (Wildman–Crippen MR) is 57.3 cm³/mol. The van der Waals surface area contributed by atoms with Crippen LogP contribution >= 0.6 is 0 Å². The van der Waals surface area contributed by atoms with E-state index in [-0.39, 0.29) is 0 Å². The second kappa shape index (κ2) is 4.05. The molecule has 0 bridgehead atoms. The lowest BCUT2D eigenvalue weighted by Crippen LogP contribution is -2.14. The maximum Gasteiger partial charge on any atom is 0.423 e. The zero-order chi connectivity index (χ0) is 13.5. The van der Waals surface area contributed by atoms with Crippen LogP contribution in [-0.2, 0) is 9.84 Å². The molecule has 5 nitrogen and oxygen atoms in total. The van der Waals surface area contributed by atoms with Crippen LogP contribution in [0, 0.1) is 11.6 Å². The van der Waals surface area contributed by atoms with Gasteiger partial charge in [-0.1, -0.05) is 0 Å². The number of halogens is 2. The molecule has 0 fully saturated rings. The molecule has 0 aliphatic heterocycles. The number of sulfone groups is 1. The molecule has 0 spiro atoms. The van der Waals surface area contributed by atoms with Crippen LogP contribution < -0.4 is 5.76 Å². The normalized spacial score (nSPS) is 11.7. The molecule has 2 rings (SSSR count). The maximum atomic E-state index is 13.7. The van der Waals surface area contributed by atoms with Gasteiger partial charge in [-0.2, -0.15) is 0 Å². The summed E-state index contributed by atoms with van der Waals surface area (Å²) in [5, 5.41) is 0. The number of hydrogen-bond donors (Lipinski definition) is 0. The predicted octanol–water partition coefficient (Wildman–Crippen LogP) is 1.11. The van der Waals surface area contributed by atoms with Crippen LogP contribution in [0.1, 0.15) is 0 Å². The minimum Gasteiger partial charge on any atom is -0.416 e. The van der Waals surface area contributed by atoms with Crippen LogP contribution in [0.3, 0.4) is 0 Å². The summed E-state index contributed by atoms with van der Waals surface area (Å²) in [5.74, 6) is -3.08. The van der Waals surface area contributed by atoms with Crippen LogP contribution in [0.2, 0.25) is 0 Å². The first kappa shape index (κ1) is 12.5. The van der Waals surface area contributed by atoms with Crippen molar-refractivity contribution in [2.75, 3.05) is 6.26 Å². The van der Waals surface area contributed by atoms with Crippen LogP contribution in [0.5, 0.6) is 0 Å². The monoisotopic (exact) mass is 275 g/mol. The van der Waals surface area contributed by atoms with Gasteiger partial charge in [0.05, 0.1) is 11.9 Å². The summed E-state index contributed by atoms with van der Waals surface area (Å²) < 4.78 is 54.7. The van der Waals surface area contributed by atoms with E-state index in [1.807, 2.05) is 0 Å². The van der Waals surface area contributed by atoms with Crippen LogP contribution in [0.15, 0.2) is 38.7 Å². The molecular weight excluding hydrogens is 268 g/mol. The quantitative estimate of drug-likeness (QED) is 0.823. The Morgan fingerprint density at radius 1 is 1.22 bits per heavy atom. The molecule has 2 aromatic rings. The molecule has 18 heavy (non-hydrogen) atoms. The Kier molecular flexibility index (Phi) is 2.81. The molecule has 0 aliphatic rings. The summed E-state index contributed by atoms with van der Waals surface area (Å²) in [5.41, 5.74) is -0.418. The van der Waals surface area contributed by atoms with Gasteiger partial charge in [0.2, 0.25) is 0 Å². The van der Waals surface area contributed by atoms with E-state index >= 15 is 0 Å². The second-order valence-electron chi connectivity index (χ2n) is 3.55. The Hall–Kier alpha value is -1.96. The number of rotatable bonds is 2. The fraction of sp³-hybridized carbons (Fsp3) is 0.100. The van der Waals surface area contributed by atoms with Crippen molar-refractivity contribution in [1.29, 1.82) is 0 Å². The zero-order valence-electron chi connectivity index (χ0n) is 9.05. The molecule has 0 amide bonds. The van der Waals surface area contributed by atoms with Gasteiger partial charge >= 0.3 is 5.76 Å². The van der Waals surface area contributed by atoms with E-state index in [1.54, 1.807) is 0 Å². The van der Waals surface area contributed by atoms with Crippen molar-refractivity contribution in [2.45, 2.75) is 4.90 Å². The summed E-state index contributed by atoms with van der Waals surface area (Å²) in [7, 11) is -3.88. The van der Waals surface area contributed by atoms with Crippen LogP contribution in [0.25, 0.3) is 5.69 Å². The molecule has 0 atom stereocenters. The van der Waals surface area contributed by atoms with Crippen molar-refractivity contribution >= 4 is 9.84 Å². The fourth-order valence-electron chi connectivity index (χ4n) is 1.43. The molecule has 0 saturated carbocycles. The summed E-state index contributed by atoms with van der Waals surface area (Å²) in [4.78, 5) is 10.4. The lowest BCUT2D eigenvalue weighted by Gasteiger charge is -2.06. The van der Waals surface area contributed by atoms with E-state index in [1.165, 1.54) is 0 Å². The van der Waals surface area contributed by atoms with Gasteiger partial charge in [0.25, 0.3) is 0 Å². The van der Waals surface area contributed by atoms with Gasteiger partial charge in [0, 0.05) is 12.3 Å². The SMILES string of the molecule is CS(=O)(=O)c1cc(F)c(-n2ccoc2=O)cc1F. The molecule has 1 heterocycles. The Bertz CT molecular complexity index is 760. The highest BCUT2D eigenvalue weighted by Gasteiger charge is 2.19. The van der Waals surface area contributed by atoms with Crippen molar-refractivity contribution in [1.82, 2.24) is 4.57 Å². The minimum absolute atomic E-state index is 0.418. The topological polar surface area (TPSA) is 69.3 Å². The minimum atomic E-state index is -3.88. The Morgan fingerprint density at radius 2 is 1.89 bits per heavy atom. The first-order chi connectivity index (χ1) is 8.30. The standard InChI is InChI=1S/C10H7F2NO4S/c1-18(15,16)9-5-6(11)8(4-7(9)12)13-2-3-17-10(13)14/h2-5H,1H3. The van der Waals surface area contributed by atoms with Gasteiger partial charge in [0.1, 0.15) is 22.8 Å². The molecule has 0 saturated heterocycles. The molecule has 96 valence electrons. The smallest absolute Gasteiger partial charge is 0.416 e. The Labute approximate surface area is 100 Å². The fourth-order valence-corrected chi connectivity index (χ4v) is 2.16. The summed E-state index contributed by atoms with van der Waals surface area (Å²) in [6.45, 7) is 0. The zero-order valence-corrected chi connectivity index (χ0v) is 9.87. The molecule has 0 radical (unpaired) electrons. The first-order valence-corrected chi connectivity index (χ1v) is 6.55. The van der Waals surface area contributed by atoms with Crippen LogP contribution in [-0.4, -0.2) is 19.2 Å². The van der Waals surface area contributed by atoms with E-state index in [4.69, 9.17) is 0 Å². The third-order valence-electron chi connectivity index (χ3n) is 2.24. The number of oxazole rings is 1. The highest BCUT2D eigenvalue weighted by molar-refractivity contribution is 7.90. The number of benzene rings is 1. The number of hydrogen-bond acceptors (Lipinski definition) is 4. The van der Waals surface area contributed by atoms with Gasteiger partial charge < -0.3 is 4.42 Å². The van der Waals surface area contributed by atoms with Gasteiger partial charge in [-0.3, -0.25) is 0 Å².